The molecule has 0 amide bonds. The number of nitrogens with two attached hydrogens (primary N) is 1. The van der Waals surface area contributed by atoms with Gasteiger partial charge in [0.25, 0.3) is 0 Å². The van der Waals surface area contributed by atoms with Crippen LogP contribution in [0.2, 0.25) is 0 Å². The van der Waals surface area contributed by atoms with Crippen molar-refractivity contribution >= 4 is 27.7 Å². The van der Waals surface area contributed by atoms with Crippen molar-refractivity contribution in [2.24, 2.45) is 17.8 Å². The van der Waals surface area contributed by atoms with E-state index >= 15 is 0 Å². The van der Waals surface area contributed by atoms with Gasteiger partial charge >= 0.3 is 0 Å². The Morgan fingerprint density at radius 3 is 2.32 bits per heavy atom. The fourth-order valence-electron chi connectivity index (χ4n) is 4.98. The summed E-state index contributed by atoms with van der Waals surface area (Å²) in [4.78, 5) is 8.37. The Morgan fingerprint density at radius 1 is 1.16 bits per heavy atom. The molecule has 0 aromatic carbocycles. The molecule has 4 aliphatic rings. The van der Waals surface area contributed by atoms with Gasteiger partial charge in [0.05, 0.1) is 4.47 Å². The van der Waals surface area contributed by atoms with Crippen LogP contribution in [0.25, 0.3) is 0 Å². The molecule has 0 radical (unpaired) electrons. The zero-order valence-electron chi connectivity index (χ0n) is 10.9. The van der Waals surface area contributed by atoms with E-state index in [0.29, 0.717) is 5.95 Å². The molecule has 4 saturated carbocycles. The van der Waals surface area contributed by atoms with Crippen LogP contribution in [0.4, 0.5) is 11.8 Å². The minimum Gasteiger partial charge on any atom is -0.368 e. The quantitative estimate of drug-likeness (QED) is 0.877. The molecule has 4 bridgehead atoms. The Hall–Kier alpha value is -0.840. The van der Waals surface area contributed by atoms with Crippen LogP contribution in [-0.2, 0) is 0 Å². The average molecular weight is 323 g/mol. The first-order chi connectivity index (χ1) is 9.12. The van der Waals surface area contributed by atoms with E-state index < -0.39 is 0 Å². The number of nitrogens with one attached hydrogen (secondary N) is 1. The topological polar surface area (TPSA) is 63.8 Å². The highest BCUT2D eigenvalue weighted by Gasteiger charge is 2.51. The predicted octanol–water partition coefficient (Wildman–Crippen LogP) is 3.20. The number of nitrogens with zero attached hydrogens (tertiary/aromatic N) is 2. The second kappa shape index (κ2) is 4.08. The van der Waals surface area contributed by atoms with Crippen molar-refractivity contribution in [2.75, 3.05) is 11.1 Å². The largest absolute Gasteiger partial charge is 0.368 e. The normalized spacial score (nSPS) is 39.5. The Bertz CT molecular complexity index is 481. The lowest BCUT2D eigenvalue weighted by Crippen LogP contribution is -2.55. The maximum absolute atomic E-state index is 5.71. The molecule has 1 aromatic heterocycles. The van der Waals surface area contributed by atoms with Gasteiger partial charge in [-0.25, -0.2) is 4.98 Å². The third kappa shape index (κ3) is 2.02. The molecule has 0 unspecified atom stereocenters. The fraction of sp³-hybridized carbons (Fsp3) is 0.714. The number of nitrogen functional groups attached to an aromatic ring is 1. The first kappa shape index (κ1) is 11.9. The van der Waals surface area contributed by atoms with Crippen LogP contribution in [0.1, 0.15) is 38.5 Å². The molecule has 0 spiro atoms. The zero-order valence-corrected chi connectivity index (χ0v) is 12.5. The molecule has 4 fully saturated rings. The number of halogens is 1. The van der Waals surface area contributed by atoms with Gasteiger partial charge in [0.15, 0.2) is 0 Å². The maximum atomic E-state index is 5.71. The van der Waals surface area contributed by atoms with Gasteiger partial charge in [-0.15, -0.1) is 0 Å². The summed E-state index contributed by atoms with van der Waals surface area (Å²) in [5, 5.41) is 3.72. The highest BCUT2D eigenvalue weighted by atomic mass is 79.9. The molecule has 1 heterocycles. The summed E-state index contributed by atoms with van der Waals surface area (Å²) in [7, 11) is 0. The number of anilines is 2. The van der Waals surface area contributed by atoms with Gasteiger partial charge in [-0.05, 0) is 72.2 Å². The number of aromatic nitrogens is 2. The molecule has 102 valence electrons. The third-order valence-electron chi connectivity index (χ3n) is 5.18. The molecule has 4 aliphatic carbocycles. The van der Waals surface area contributed by atoms with E-state index in [9.17, 15) is 0 Å². The van der Waals surface area contributed by atoms with Gasteiger partial charge in [-0.1, -0.05) is 0 Å². The van der Waals surface area contributed by atoms with Crippen molar-refractivity contribution in [1.29, 1.82) is 0 Å². The van der Waals surface area contributed by atoms with Gasteiger partial charge < -0.3 is 11.1 Å². The molecule has 1 aromatic rings. The molecule has 0 atom stereocenters. The lowest BCUT2D eigenvalue weighted by molar-refractivity contribution is 0.0105. The Labute approximate surface area is 121 Å². The summed E-state index contributed by atoms with van der Waals surface area (Å²) in [6.45, 7) is 0. The summed E-state index contributed by atoms with van der Waals surface area (Å²) in [6, 6.07) is 0. The van der Waals surface area contributed by atoms with E-state index in [0.717, 1.165) is 28.0 Å². The van der Waals surface area contributed by atoms with Gasteiger partial charge in [-0.2, -0.15) is 4.98 Å². The van der Waals surface area contributed by atoms with E-state index in [1.54, 1.807) is 6.20 Å². The lowest BCUT2D eigenvalue weighted by Gasteiger charge is -2.57. The maximum Gasteiger partial charge on any atom is 0.221 e. The molecule has 4 nitrogen and oxygen atoms in total. The van der Waals surface area contributed by atoms with Crippen molar-refractivity contribution in [2.45, 2.75) is 44.1 Å². The van der Waals surface area contributed by atoms with E-state index in [2.05, 4.69) is 31.2 Å². The summed E-state index contributed by atoms with van der Waals surface area (Å²) in [5.41, 5.74) is 5.97. The van der Waals surface area contributed by atoms with Crippen molar-refractivity contribution < 1.29 is 0 Å². The molecule has 5 heteroatoms. The van der Waals surface area contributed by atoms with Gasteiger partial charge in [0.2, 0.25) is 5.95 Å². The monoisotopic (exact) mass is 322 g/mol. The third-order valence-corrected chi connectivity index (χ3v) is 5.76. The highest BCUT2D eigenvalue weighted by Crippen LogP contribution is 2.56. The highest BCUT2D eigenvalue weighted by molar-refractivity contribution is 9.10. The van der Waals surface area contributed by atoms with E-state index in [1.807, 2.05) is 0 Å². The standard InChI is InChI=1S/C14H19BrN4/c15-11-7-17-13(16)18-12(11)19-14-4-8-1-9(5-14)3-10(2-8)6-14/h7-10H,1-6H2,(H3,16,17,18,19). The van der Waals surface area contributed by atoms with E-state index in [1.165, 1.54) is 38.5 Å². The van der Waals surface area contributed by atoms with Crippen LogP contribution >= 0.6 is 15.9 Å². The average Bonchev–Trinajstić information content (AvgIpc) is 2.31. The van der Waals surface area contributed by atoms with Crippen LogP contribution in [0.3, 0.4) is 0 Å². The molecule has 0 aliphatic heterocycles. The van der Waals surface area contributed by atoms with Crippen molar-refractivity contribution in [3.63, 3.8) is 0 Å². The van der Waals surface area contributed by atoms with Gasteiger partial charge in [-0.3, -0.25) is 0 Å². The Kier molecular flexibility index (Phi) is 2.56. The Balaban J connectivity index is 1.64. The summed E-state index contributed by atoms with van der Waals surface area (Å²) in [5.74, 6) is 4.00. The SMILES string of the molecule is Nc1ncc(Br)c(NC23CC4CC(CC(C4)C2)C3)n1. The predicted molar refractivity (Wildman–Crippen MR) is 78.7 cm³/mol. The molecule has 3 N–H and O–H groups in total. The molecule has 19 heavy (non-hydrogen) atoms. The number of hydrogen-bond donors (Lipinski definition) is 2. The molecule has 0 saturated heterocycles. The van der Waals surface area contributed by atoms with Crippen LogP contribution in [0.5, 0.6) is 0 Å². The van der Waals surface area contributed by atoms with Gasteiger partial charge in [0.1, 0.15) is 5.82 Å². The first-order valence-electron chi connectivity index (χ1n) is 7.18. The lowest BCUT2D eigenvalue weighted by atomic mass is 9.53. The van der Waals surface area contributed by atoms with Crippen LogP contribution in [0.15, 0.2) is 10.7 Å². The van der Waals surface area contributed by atoms with E-state index in [4.69, 9.17) is 5.73 Å². The molecular weight excluding hydrogens is 304 g/mol. The van der Waals surface area contributed by atoms with Crippen molar-refractivity contribution in [3.05, 3.63) is 10.7 Å². The summed E-state index contributed by atoms with van der Waals surface area (Å²) in [6.07, 6.45) is 10.0. The summed E-state index contributed by atoms with van der Waals surface area (Å²) >= 11 is 3.53. The zero-order chi connectivity index (χ0) is 13.0. The van der Waals surface area contributed by atoms with Crippen LogP contribution in [0, 0.1) is 17.8 Å². The van der Waals surface area contributed by atoms with Crippen LogP contribution in [-0.4, -0.2) is 15.5 Å². The van der Waals surface area contributed by atoms with Crippen molar-refractivity contribution in [3.8, 4) is 0 Å². The summed E-state index contributed by atoms with van der Waals surface area (Å²) < 4.78 is 0.914. The molecular formula is C14H19BrN4. The van der Waals surface area contributed by atoms with E-state index in [-0.39, 0.29) is 5.54 Å². The second-order valence-corrected chi connectivity index (χ2v) is 7.60. The smallest absolute Gasteiger partial charge is 0.221 e. The van der Waals surface area contributed by atoms with Crippen molar-refractivity contribution in [1.82, 2.24) is 9.97 Å². The number of rotatable bonds is 2. The number of hydrogen-bond acceptors (Lipinski definition) is 4. The minimum atomic E-state index is 0.262. The van der Waals surface area contributed by atoms with Gasteiger partial charge in [0, 0.05) is 11.7 Å². The second-order valence-electron chi connectivity index (χ2n) is 6.75. The first-order valence-corrected chi connectivity index (χ1v) is 7.97. The minimum absolute atomic E-state index is 0.262. The molecule has 5 rings (SSSR count). The fourth-order valence-corrected chi connectivity index (χ4v) is 5.27. The Morgan fingerprint density at radius 2 is 1.74 bits per heavy atom. The van der Waals surface area contributed by atoms with Crippen LogP contribution < -0.4 is 11.1 Å².